The van der Waals surface area contributed by atoms with Gasteiger partial charge in [-0.15, -0.1) is 0 Å². The Balaban J connectivity index is 1.60. The van der Waals surface area contributed by atoms with Gasteiger partial charge >= 0.3 is 5.97 Å². The van der Waals surface area contributed by atoms with Gasteiger partial charge in [0.15, 0.2) is 16.4 Å². The molecule has 0 bridgehead atoms. The average molecular weight is 414 g/mol. The van der Waals surface area contributed by atoms with Gasteiger partial charge in [0.25, 0.3) is 5.91 Å². The van der Waals surface area contributed by atoms with Crippen LogP contribution in [0.25, 0.3) is 0 Å². The summed E-state index contributed by atoms with van der Waals surface area (Å²) < 4.78 is 28.4. The number of likely N-dealkylation sites (tertiary alicyclic amines) is 1. The van der Waals surface area contributed by atoms with E-state index in [4.69, 9.17) is 16.3 Å². The minimum Gasteiger partial charge on any atom is -0.452 e. The Morgan fingerprint density at radius 1 is 1.19 bits per heavy atom. The van der Waals surface area contributed by atoms with Crippen molar-refractivity contribution in [3.63, 3.8) is 0 Å². The molecule has 1 saturated heterocycles. The number of esters is 1. The lowest BCUT2D eigenvalue weighted by atomic mass is 9.75. The summed E-state index contributed by atoms with van der Waals surface area (Å²) in [5.41, 5.74) is -0.0571. The maximum absolute atomic E-state index is 12.4. The molecule has 2 fully saturated rings. The molecule has 1 heterocycles. The molecule has 27 heavy (non-hydrogen) atoms. The Kier molecular flexibility index (Phi) is 6.11. The lowest BCUT2D eigenvalue weighted by Crippen LogP contribution is -2.46. The highest BCUT2D eigenvalue weighted by Gasteiger charge is 2.33. The molecule has 1 aromatic rings. The normalized spacial score (nSPS) is 22.8. The van der Waals surface area contributed by atoms with E-state index in [2.05, 4.69) is 0 Å². The average Bonchev–Trinajstić information content (AvgIpc) is 2.64. The van der Waals surface area contributed by atoms with Gasteiger partial charge in [-0.3, -0.25) is 4.79 Å². The van der Waals surface area contributed by atoms with E-state index in [9.17, 15) is 18.0 Å². The van der Waals surface area contributed by atoms with Gasteiger partial charge in [0.1, 0.15) is 0 Å². The van der Waals surface area contributed by atoms with Crippen LogP contribution in [0.1, 0.15) is 42.5 Å². The predicted octanol–water partition coefficient (Wildman–Crippen LogP) is 2.94. The van der Waals surface area contributed by atoms with Crippen LogP contribution >= 0.6 is 11.6 Å². The number of carbonyl (C=O) groups excluding carboxylic acids is 2. The molecule has 1 aliphatic heterocycles. The van der Waals surface area contributed by atoms with Crippen LogP contribution in [-0.2, 0) is 19.4 Å². The van der Waals surface area contributed by atoms with Crippen LogP contribution in [0.2, 0.25) is 5.02 Å². The minimum atomic E-state index is -3.48. The minimum absolute atomic E-state index is 0.0236. The third-order valence-corrected chi connectivity index (χ3v) is 7.00. The van der Waals surface area contributed by atoms with Crippen LogP contribution in [0.5, 0.6) is 0 Å². The van der Waals surface area contributed by atoms with Crippen molar-refractivity contribution in [1.29, 1.82) is 0 Å². The van der Waals surface area contributed by atoms with Crippen LogP contribution in [-0.4, -0.2) is 51.1 Å². The van der Waals surface area contributed by atoms with Gasteiger partial charge in [0.05, 0.1) is 15.5 Å². The number of piperidine rings is 1. The number of carbonyl (C=O) groups is 2. The first kappa shape index (κ1) is 20.1. The molecule has 1 saturated carbocycles. The molecular weight excluding hydrogens is 390 g/mol. The van der Waals surface area contributed by atoms with Crippen molar-refractivity contribution < 1.29 is 22.7 Å². The summed E-state index contributed by atoms with van der Waals surface area (Å²) in [5, 5.41) is 0.0860. The van der Waals surface area contributed by atoms with E-state index in [1.165, 1.54) is 37.5 Å². The fraction of sp³-hybridized carbons (Fsp3) is 0.579. The van der Waals surface area contributed by atoms with Crippen LogP contribution in [0.3, 0.4) is 0 Å². The second-order valence-corrected chi connectivity index (χ2v) is 9.85. The van der Waals surface area contributed by atoms with Crippen LogP contribution < -0.4 is 0 Å². The summed E-state index contributed by atoms with van der Waals surface area (Å²) in [4.78, 5) is 26.5. The van der Waals surface area contributed by atoms with E-state index in [0.29, 0.717) is 18.4 Å². The van der Waals surface area contributed by atoms with Crippen LogP contribution in [0, 0.1) is 11.8 Å². The van der Waals surface area contributed by atoms with E-state index in [1.807, 2.05) is 0 Å². The number of fused-ring (bicyclic) bond motifs is 1. The van der Waals surface area contributed by atoms with Gasteiger partial charge in [-0.25, -0.2) is 13.2 Å². The maximum Gasteiger partial charge on any atom is 0.340 e. The number of nitrogens with zero attached hydrogens (tertiary/aromatic N) is 1. The molecule has 0 aromatic heterocycles. The first-order valence-corrected chi connectivity index (χ1v) is 11.5. The van der Waals surface area contributed by atoms with Crippen molar-refractivity contribution in [2.24, 2.45) is 11.8 Å². The van der Waals surface area contributed by atoms with Gasteiger partial charge in [0.2, 0.25) is 0 Å². The molecule has 1 aliphatic carbocycles. The van der Waals surface area contributed by atoms with Gasteiger partial charge < -0.3 is 9.64 Å². The van der Waals surface area contributed by atoms with Crippen LogP contribution in [0.15, 0.2) is 23.1 Å². The van der Waals surface area contributed by atoms with Gasteiger partial charge in [-0.05, 0) is 42.9 Å². The van der Waals surface area contributed by atoms with Gasteiger partial charge in [-0.1, -0.05) is 30.9 Å². The lowest BCUT2D eigenvalue weighted by Gasteiger charge is -2.41. The number of benzene rings is 1. The quantitative estimate of drug-likeness (QED) is 0.709. The second kappa shape index (κ2) is 8.19. The lowest BCUT2D eigenvalue weighted by molar-refractivity contribution is -0.137. The van der Waals surface area contributed by atoms with Crippen molar-refractivity contribution in [2.75, 3.05) is 26.0 Å². The molecule has 2 aliphatic rings. The number of rotatable bonds is 4. The third-order valence-electron chi connectivity index (χ3n) is 5.56. The number of hydrogen-bond acceptors (Lipinski definition) is 5. The summed E-state index contributed by atoms with van der Waals surface area (Å²) in [6.07, 6.45) is 6.95. The van der Waals surface area contributed by atoms with E-state index < -0.39 is 15.8 Å². The van der Waals surface area contributed by atoms with Gasteiger partial charge in [0, 0.05) is 19.3 Å². The summed E-state index contributed by atoms with van der Waals surface area (Å²) >= 11 is 5.99. The Bertz CT molecular complexity index is 839. The molecule has 1 aromatic carbocycles. The SMILES string of the molecule is CS(=O)(=O)c1ccc(Cl)c(C(=O)OCC(=O)N2CC[C@@H]3CCCC[C@H]3C2)c1. The molecule has 2 atom stereocenters. The summed E-state index contributed by atoms with van der Waals surface area (Å²) in [6.45, 7) is 1.06. The molecule has 8 heteroatoms. The fourth-order valence-electron chi connectivity index (χ4n) is 4.02. The van der Waals surface area contributed by atoms with Crippen molar-refractivity contribution in [3.8, 4) is 0 Å². The standard InChI is InChI=1S/C19H24ClNO5S/c1-27(24,25)15-6-7-17(20)16(10-15)19(23)26-12-18(22)21-9-8-13-4-2-3-5-14(13)11-21/h6-7,10,13-14H,2-5,8-9,11-12H2,1H3/t13-,14-/m0/s1. The van der Waals surface area contributed by atoms with Crippen molar-refractivity contribution in [3.05, 3.63) is 28.8 Å². The number of hydrogen-bond donors (Lipinski definition) is 0. The van der Waals surface area contributed by atoms with Crippen LogP contribution in [0.4, 0.5) is 0 Å². The van der Waals surface area contributed by atoms with E-state index in [1.54, 1.807) is 4.90 Å². The first-order valence-electron chi connectivity index (χ1n) is 9.20. The second-order valence-electron chi connectivity index (χ2n) is 7.42. The first-order chi connectivity index (χ1) is 12.8. The zero-order valence-electron chi connectivity index (χ0n) is 15.3. The molecule has 0 N–H and O–H groups in total. The third kappa shape index (κ3) is 4.82. The predicted molar refractivity (Wildman–Crippen MR) is 101 cm³/mol. The zero-order chi connectivity index (χ0) is 19.6. The smallest absolute Gasteiger partial charge is 0.340 e. The highest BCUT2D eigenvalue weighted by molar-refractivity contribution is 7.90. The topological polar surface area (TPSA) is 80.7 Å². The molecule has 3 rings (SSSR count). The fourth-order valence-corrected chi connectivity index (χ4v) is 4.86. The van der Waals surface area contributed by atoms with Crippen molar-refractivity contribution >= 4 is 33.3 Å². The van der Waals surface area contributed by atoms with Crippen molar-refractivity contribution in [2.45, 2.75) is 37.0 Å². The molecule has 0 radical (unpaired) electrons. The highest BCUT2D eigenvalue weighted by atomic mass is 35.5. The van der Waals surface area contributed by atoms with Crippen molar-refractivity contribution in [1.82, 2.24) is 4.90 Å². The molecule has 0 spiro atoms. The number of ether oxygens (including phenoxy) is 1. The van der Waals surface area contributed by atoms with Gasteiger partial charge in [-0.2, -0.15) is 0 Å². The Morgan fingerprint density at radius 3 is 2.59 bits per heavy atom. The number of sulfone groups is 1. The largest absolute Gasteiger partial charge is 0.452 e. The molecule has 1 amide bonds. The Morgan fingerprint density at radius 2 is 1.89 bits per heavy atom. The van der Waals surface area contributed by atoms with E-state index in [-0.39, 0.29) is 28.0 Å². The zero-order valence-corrected chi connectivity index (χ0v) is 16.9. The summed E-state index contributed by atoms with van der Waals surface area (Å²) in [5.74, 6) is 0.241. The molecule has 6 nitrogen and oxygen atoms in total. The number of halogens is 1. The molecule has 148 valence electrons. The number of amides is 1. The highest BCUT2D eigenvalue weighted by Crippen LogP contribution is 2.36. The summed E-state index contributed by atoms with van der Waals surface area (Å²) in [7, 11) is -3.48. The maximum atomic E-state index is 12.4. The summed E-state index contributed by atoms with van der Waals surface area (Å²) in [6, 6.07) is 3.84. The monoisotopic (exact) mass is 413 g/mol. The van der Waals surface area contributed by atoms with E-state index in [0.717, 1.165) is 25.6 Å². The van der Waals surface area contributed by atoms with E-state index >= 15 is 0 Å². The molecule has 0 unspecified atom stereocenters. The Hall–Kier alpha value is -1.60. The Labute approximate surface area is 164 Å². The molecular formula is C19H24ClNO5S.